The SMILES string of the molecule is Cc1ccc(C(F)(F)F)c(C#N)c1I. The number of nitrogens with zero attached hydrogens (tertiary/aromatic N) is 1. The van der Waals surface area contributed by atoms with Gasteiger partial charge in [-0.15, -0.1) is 0 Å². The largest absolute Gasteiger partial charge is 0.417 e. The van der Waals surface area contributed by atoms with E-state index in [1.807, 2.05) is 0 Å². The first-order valence-corrected chi connectivity index (χ1v) is 4.72. The Hall–Kier alpha value is -0.770. The first kappa shape index (κ1) is 11.3. The van der Waals surface area contributed by atoms with E-state index in [1.54, 1.807) is 35.6 Å². The molecule has 0 spiro atoms. The molecule has 1 aromatic carbocycles. The molecule has 14 heavy (non-hydrogen) atoms. The smallest absolute Gasteiger partial charge is 0.192 e. The zero-order valence-electron chi connectivity index (χ0n) is 7.11. The van der Waals surface area contributed by atoms with E-state index in [0.717, 1.165) is 6.07 Å². The molecule has 1 nitrogen and oxygen atoms in total. The fraction of sp³-hybridized carbons (Fsp3) is 0.222. The van der Waals surface area contributed by atoms with Gasteiger partial charge in [-0.1, -0.05) is 6.07 Å². The van der Waals surface area contributed by atoms with Gasteiger partial charge in [0.2, 0.25) is 0 Å². The quantitative estimate of drug-likeness (QED) is 0.673. The lowest BCUT2D eigenvalue weighted by molar-refractivity contribution is -0.137. The van der Waals surface area contributed by atoms with E-state index >= 15 is 0 Å². The maximum atomic E-state index is 12.4. The lowest BCUT2D eigenvalue weighted by Crippen LogP contribution is -2.09. The van der Waals surface area contributed by atoms with Crippen molar-refractivity contribution in [1.29, 1.82) is 5.26 Å². The van der Waals surface area contributed by atoms with Gasteiger partial charge in [0.25, 0.3) is 0 Å². The van der Waals surface area contributed by atoms with Gasteiger partial charge in [0.15, 0.2) is 0 Å². The fourth-order valence-corrected chi connectivity index (χ4v) is 1.62. The molecular weight excluding hydrogens is 306 g/mol. The highest BCUT2D eigenvalue weighted by molar-refractivity contribution is 14.1. The van der Waals surface area contributed by atoms with Crippen molar-refractivity contribution in [3.05, 3.63) is 32.4 Å². The van der Waals surface area contributed by atoms with Gasteiger partial charge in [-0.3, -0.25) is 0 Å². The van der Waals surface area contributed by atoms with Crippen LogP contribution in [0.1, 0.15) is 16.7 Å². The van der Waals surface area contributed by atoms with Gasteiger partial charge in [0.05, 0.1) is 11.1 Å². The molecule has 0 aliphatic heterocycles. The number of nitriles is 1. The molecule has 0 saturated heterocycles. The van der Waals surface area contributed by atoms with Crippen LogP contribution < -0.4 is 0 Å². The molecule has 0 radical (unpaired) electrons. The van der Waals surface area contributed by atoms with Crippen LogP contribution >= 0.6 is 22.6 Å². The molecular formula is C9H5F3IN. The minimum atomic E-state index is -4.46. The molecule has 74 valence electrons. The molecule has 1 aromatic rings. The first-order chi connectivity index (χ1) is 6.38. The molecule has 0 amide bonds. The first-order valence-electron chi connectivity index (χ1n) is 3.64. The van der Waals surface area contributed by atoms with Crippen molar-refractivity contribution in [2.75, 3.05) is 0 Å². The molecule has 0 aliphatic rings. The van der Waals surface area contributed by atoms with Gasteiger partial charge in [-0.2, -0.15) is 18.4 Å². The second-order valence-electron chi connectivity index (χ2n) is 2.73. The number of rotatable bonds is 0. The van der Waals surface area contributed by atoms with Gasteiger partial charge in [-0.05, 0) is 41.1 Å². The van der Waals surface area contributed by atoms with E-state index in [1.165, 1.54) is 6.07 Å². The van der Waals surface area contributed by atoms with Crippen molar-refractivity contribution >= 4 is 22.6 Å². The van der Waals surface area contributed by atoms with Crippen LogP contribution in [0.2, 0.25) is 0 Å². The molecule has 0 heterocycles. The molecule has 0 N–H and O–H groups in total. The van der Waals surface area contributed by atoms with Crippen molar-refractivity contribution in [2.24, 2.45) is 0 Å². The van der Waals surface area contributed by atoms with E-state index in [-0.39, 0.29) is 5.56 Å². The van der Waals surface area contributed by atoms with E-state index < -0.39 is 11.7 Å². The summed E-state index contributed by atoms with van der Waals surface area (Å²) in [7, 11) is 0. The Kier molecular flexibility index (Phi) is 3.04. The Balaban J connectivity index is 3.49. The van der Waals surface area contributed by atoms with E-state index in [2.05, 4.69) is 0 Å². The van der Waals surface area contributed by atoms with Crippen molar-refractivity contribution in [3.63, 3.8) is 0 Å². The minimum Gasteiger partial charge on any atom is -0.192 e. The van der Waals surface area contributed by atoms with Crippen LogP contribution in [0.4, 0.5) is 13.2 Å². The standard InChI is InChI=1S/C9H5F3IN/c1-5-2-3-7(9(10,11)12)6(4-14)8(5)13/h2-3H,1H3. The summed E-state index contributed by atoms with van der Waals surface area (Å²) in [6, 6.07) is 3.89. The lowest BCUT2D eigenvalue weighted by atomic mass is 10.1. The van der Waals surface area contributed by atoms with Crippen LogP contribution in [0.25, 0.3) is 0 Å². The zero-order valence-corrected chi connectivity index (χ0v) is 9.27. The van der Waals surface area contributed by atoms with Crippen LogP contribution in [-0.2, 0) is 6.18 Å². The molecule has 0 fully saturated rings. The summed E-state index contributed by atoms with van der Waals surface area (Å²) in [4.78, 5) is 0. The average molecular weight is 311 g/mol. The third kappa shape index (κ3) is 2.00. The summed E-state index contributed by atoms with van der Waals surface area (Å²) >= 11 is 1.75. The Morgan fingerprint density at radius 3 is 2.36 bits per heavy atom. The molecule has 0 atom stereocenters. The summed E-state index contributed by atoms with van der Waals surface area (Å²) in [6.45, 7) is 1.67. The maximum absolute atomic E-state index is 12.4. The van der Waals surface area contributed by atoms with Crippen LogP contribution in [-0.4, -0.2) is 0 Å². The Labute approximate surface area is 92.7 Å². The number of aryl methyl sites for hydroxylation is 1. The third-order valence-electron chi connectivity index (χ3n) is 1.75. The third-order valence-corrected chi connectivity index (χ3v) is 3.14. The fourth-order valence-electron chi connectivity index (χ4n) is 1.03. The highest BCUT2D eigenvalue weighted by Gasteiger charge is 2.34. The second kappa shape index (κ2) is 3.77. The number of halogens is 4. The van der Waals surface area contributed by atoms with E-state index in [0.29, 0.717) is 9.13 Å². The number of alkyl halides is 3. The summed E-state index contributed by atoms with van der Waals surface area (Å²) < 4.78 is 37.5. The van der Waals surface area contributed by atoms with Crippen LogP contribution in [0, 0.1) is 21.8 Å². The molecule has 0 saturated carbocycles. The zero-order chi connectivity index (χ0) is 10.9. The average Bonchev–Trinajstić information content (AvgIpc) is 2.07. The molecule has 0 aliphatic carbocycles. The number of hydrogen-bond donors (Lipinski definition) is 0. The molecule has 5 heteroatoms. The molecule has 0 unspecified atom stereocenters. The van der Waals surface area contributed by atoms with Crippen molar-refractivity contribution < 1.29 is 13.2 Å². The Morgan fingerprint density at radius 1 is 1.36 bits per heavy atom. The summed E-state index contributed by atoms with van der Waals surface area (Å²) in [6.07, 6.45) is -4.46. The van der Waals surface area contributed by atoms with Crippen molar-refractivity contribution in [2.45, 2.75) is 13.1 Å². The molecule has 1 rings (SSSR count). The lowest BCUT2D eigenvalue weighted by Gasteiger charge is -2.10. The van der Waals surface area contributed by atoms with Crippen molar-refractivity contribution in [3.8, 4) is 6.07 Å². The predicted molar refractivity (Wildman–Crippen MR) is 53.6 cm³/mol. The molecule has 0 aromatic heterocycles. The van der Waals surface area contributed by atoms with E-state index in [9.17, 15) is 13.2 Å². The predicted octanol–water partition coefficient (Wildman–Crippen LogP) is 3.49. The molecule has 0 bridgehead atoms. The van der Waals surface area contributed by atoms with Gasteiger partial charge in [0, 0.05) is 3.57 Å². The van der Waals surface area contributed by atoms with Gasteiger partial charge < -0.3 is 0 Å². The van der Waals surface area contributed by atoms with Crippen LogP contribution in [0.3, 0.4) is 0 Å². The minimum absolute atomic E-state index is 0.293. The van der Waals surface area contributed by atoms with Gasteiger partial charge in [-0.25, -0.2) is 0 Å². The highest BCUT2D eigenvalue weighted by atomic mass is 127. The Bertz CT molecular complexity index is 404. The number of hydrogen-bond acceptors (Lipinski definition) is 1. The Morgan fingerprint density at radius 2 is 1.93 bits per heavy atom. The number of benzene rings is 1. The monoisotopic (exact) mass is 311 g/mol. The normalized spacial score (nSPS) is 11.1. The van der Waals surface area contributed by atoms with Crippen LogP contribution in [0.15, 0.2) is 12.1 Å². The van der Waals surface area contributed by atoms with Crippen molar-refractivity contribution in [1.82, 2.24) is 0 Å². The maximum Gasteiger partial charge on any atom is 0.417 e. The second-order valence-corrected chi connectivity index (χ2v) is 3.81. The summed E-state index contributed by atoms with van der Waals surface area (Å²) in [5.41, 5.74) is -0.483. The van der Waals surface area contributed by atoms with Gasteiger partial charge in [0.1, 0.15) is 6.07 Å². The highest BCUT2D eigenvalue weighted by Crippen LogP contribution is 2.34. The summed E-state index contributed by atoms with van der Waals surface area (Å²) in [5, 5.41) is 8.63. The van der Waals surface area contributed by atoms with E-state index in [4.69, 9.17) is 5.26 Å². The summed E-state index contributed by atoms with van der Waals surface area (Å²) in [5.74, 6) is 0. The van der Waals surface area contributed by atoms with Gasteiger partial charge >= 0.3 is 6.18 Å². The van der Waals surface area contributed by atoms with Crippen LogP contribution in [0.5, 0.6) is 0 Å². The topological polar surface area (TPSA) is 23.8 Å².